The molecule has 0 atom stereocenters. The molecule has 2 aromatic rings. The van der Waals surface area contributed by atoms with E-state index in [1.165, 1.54) is 0 Å². The van der Waals surface area contributed by atoms with Crippen LogP contribution >= 0.6 is 0 Å². The van der Waals surface area contributed by atoms with Gasteiger partial charge in [-0.1, -0.05) is 18.2 Å². The zero-order valence-corrected chi connectivity index (χ0v) is 9.68. The number of Topliss-reactive ketones (excluding diaryl/α,β-unsaturated/α-hetero) is 1. The molecule has 1 heterocycles. The van der Waals surface area contributed by atoms with Crippen LogP contribution in [-0.2, 0) is 6.42 Å². The van der Waals surface area contributed by atoms with Gasteiger partial charge >= 0.3 is 0 Å². The molecule has 1 aliphatic rings. The van der Waals surface area contributed by atoms with E-state index in [9.17, 15) is 4.79 Å². The van der Waals surface area contributed by atoms with Crippen LogP contribution in [0.15, 0.2) is 36.7 Å². The van der Waals surface area contributed by atoms with E-state index in [0.29, 0.717) is 12.0 Å². The Hall–Kier alpha value is -2.47. The van der Waals surface area contributed by atoms with Crippen molar-refractivity contribution in [3.63, 3.8) is 0 Å². The van der Waals surface area contributed by atoms with Crippen LogP contribution in [0, 0.1) is 11.3 Å². The third-order valence-corrected chi connectivity index (χ3v) is 3.23. The highest BCUT2D eigenvalue weighted by Gasteiger charge is 2.19. The van der Waals surface area contributed by atoms with Crippen LogP contribution in [0.4, 0.5) is 0 Å². The molecule has 0 radical (unpaired) electrons. The highest BCUT2D eigenvalue weighted by molar-refractivity contribution is 6.00. The monoisotopic (exact) mass is 234 g/mol. The molecule has 0 amide bonds. The Balaban J connectivity index is 2.08. The topological polar surface area (TPSA) is 53.8 Å². The van der Waals surface area contributed by atoms with Crippen molar-refractivity contribution in [2.75, 3.05) is 0 Å². The number of hydrogen-bond donors (Lipinski definition) is 0. The molecule has 0 fully saturated rings. The molecular weight excluding hydrogens is 224 g/mol. The molecule has 3 heteroatoms. The van der Waals surface area contributed by atoms with E-state index in [4.69, 9.17) is 5.26 Å². The van der Waals surface area contributed by atoms with Gasteiger partial charge in [0.05, 0.1) is 5.56 Å². The van der Waals surface area contributed by atoms with Gasteiger partial charge in [0, 0.05) is 29.9 Å². The number of rotatable bonds is 1. The van der Waals surface area contributed by atoms with E-state index in [0.717, 1.165) is 28.7 Å². The lowest BCUT2D eigenvalue weighted by molar-refractivity contribution is 0.0994. The fourth-order valence-electron chi connectivity index (χ4n) is 2.29. The van der Waals surface area contributed by atoms with E-state index < -0.39 is 0 Å². The Labute approximate surface area is 105 Å². The van der Waals surface area contributed by atoms with Crippen LogP contribution in [0.1, 0.15) is 27.9 Å². The summed E-state index contributed by atoms with van der Waals surface area (Å²) < 4.78 is 0. The SMILES string of the molecule is N#Cc1cncc(-c2ccc3c(c2)CCC3=O)c1. The first-order chi connectivity index (χ1) is 8.78. The molecule has 1 aromatic heterocycles. The minimum atomic E-state index is 0.223. The predicted molar refractivity (Wildman–Crippen MR) is 67.0 cm³/mol. The predicted octanol–water partition coefficient (Wildman–Crippen LogP) is 2.75. The van der Waals surface area contributed by atoms with E-state index in [2.05, 4.69) is 11.1 Å². The fraction of sp³-hybridized carbons (Fsp3) is 0.133. The van der Waals surface area contributed by atoms with Crippen molar-refractivity contribution < 1.29 is 4.79 Å². The number of hydrogen-bond acceptors (Lipinski definition) is 3. The molecule has 0 unspecified atom stereocenters. The molecule has 0 N–H and O–H groups in total. The summed E-state index contributed by atoms with van der Waals surface area (Å²) in [5.41, 5.74) is 4.40. The minimum Gasteiger partial charge on any atom is -0.294 e. The Bertz CT molecular complexity index is 683. The van der Waals surface area contributed by atoms with Crippen LogP contribution < -0.4 is 0 Å². The van der Waals surface area contributed by atoms with Crippen molar-refractivity contribution in [3.8, 4) is 17.2 Å². The van der Waals surface area contributed by atoms with E-state index in [1.54, 1.807) is 12.4 Å². The first-order valence-electron chi connectivity index (χ1n) is 5.79. The van der Waals surface area contributed by atoms with Gasteiger partial charge in [-0.15, -0.1) is 0 Å². The van der Waals surface area contributed by atoms with Crippen molar-refractivity contribution in [3.05, 3.63) is 53.3 Å². The molecule has 3 nitrogen and oxygen atoms in total. The molecule has 18 heavy (non-hydrogen) atoms. The van der Waals surface area contributed by atoms with Crippen LogP contribution in [-0.4, -0.2) is 10.8 Å². The highest BCUT2D eigenvalue weighted by Crippen LogP contribution is 2.28. The summed E-state index contributed by atoms with van der Waals surface area (Å²) in [5, 5.41) is 8.86. The lowest BCUT2D eigenvalue weighted by atomic mass is 10.0. The van der Waals surface area contributed by atoms with Crippen molar-refractivity contribution in [2.24, 2.45) is 0 Å². The van der Waals surface area contributed by atoms with Gasteiger partial charge in [0.1, 0.15) is 6.07 Å². The number of nitriles is 1. The van der Waals surface area contributed by atoms with Gasteiger partial charge in [-0.2, -0.15) is 5.26 Å². The maximum Gasteiger partial charge on any atom is 0.163 e. The number of aryl methyl sites for hydroxylation is 1. The molecule has 0 spiro atoms. The zero-order chi connectivity index (χ0) is 12.5. The van der Waals surface area contributed by atoms with Crippen molar-refractivity contribution >= 4 is 5.78 Å². The van der Waals surface area contributed by atoms with Gasteiger partial charge < -0.3 is 0 Å². The van der Waals surface area contributed by atoms with Gasteiger partial charge in [-0.3, -0.25) is 9.78 Å². The summed E-state index contributed by atoms with van der Waals surface area (Å²) in [6.07, 6.45) is 4.70. The summed E-state index contributed by atoms with van der Waals surface area (Å²) in [7, 11) is 0. The third-order valence-electron chi connectivity index (χ3n) is 3.23. The normalized spacial score (nSPS) is 13.2. The van der Waals surface area contributed by atoms with Crippen LogP contribution in [0.3, 0.4) is 0 Å². The summed E-state index contributed by atoms with van der Waals surface area (Å²) in [4.78, 5) is 15.6. The van der Waals surface area contributed by atoms with E-state index in [-0.39, 0.29) is 5.78 Å². The summed E-state index contributed by atoms with van der Waals surface area (Å²) >= 11 is 0. The molecule has 0 aliphatic heterocycles. The van der Waals surface area contributed by atoms with Gasteiger partial charge in [0.15, 0.2) is 5.78 Å². The lowest BCUT2D eigenvalue weighted by Gasteiger charge is -2.04. The largest absolute Gasteiger partial charge is 0.294 e. The zero-order valence-electron chi connectivity index (χ0n) is 9.68. The first-order valence-corrected chi connectivity index (χ1v) is 5.79. The second-order valence-corrected chi connectivity index (χ2v) is 4.37. The van der Waals surface area contributed by atoms with Gasteiger partial charge in [0.2, 0.25) is 0 Å². The number of carbonyl (C=O) groups is 1. The van der Waals surface area contributed by atoms with Crippen molar-refractivity contribution in [2.45, 2.75) is 12.8 Å². The second kappa shape index (κ2) is 4.08. The molecule has 3 rings (SSSR count). The van der Waals surface area contributed by atoms with E-state index in [1.807, 2.05) is 24.3 Å². The fourth-order valence-corrected chi connectivity index (χ4v) is 2.29. The standard InChI is InChI=1S/C15H10N2O/c16-7-10-5-13(9-17-8-10)11-1-3-14-12(6-11)2-4-15(14)18/h1,3,5-6,8-9H,2,4H2. The number of ketones is 1. The molecule has 86 valence electrons. The number of carbonyl (C=O) groups excluding carboxylic acids is 1. The summed E-state index contributed by atoms with van der Waals surface area (Å²) in [6.45, 7) is 0. The third kappa shape index (κ3) is 1.68. The molecule has 0 bridgehead atoms. The van der Waals surface area contributed by atoms with Crippen LogP contribution in [0.2, 0.25) is 0 Å². The minimum absolute atomic E-state index is 0.223. The Kier molecular flexibility index (Phi) is 2.42. The molecule has 0 saturated heterocycles. The molecule has 0 saturated carbocycles. The number of nitrogens with zero attached hydrogens (tertiary/aromatic N) is 2. The maximum atomic E-state index is 11.6. The number of aromatic nitrogens is 1. The molecular formula is C15H10N2O. The van der Waals surface area contributed by atoms with Gasteiger partial charge in [-0.25, -0.2) is 0 Å². The molecule has 1 aliphatic carbocycles. The van der Waals surface area contributed by atoms with Crippen LogP contribution in [0.25, 0.3) is 11.1 Å². The Morgan fingerprint density at radius 2 is 2.00 bits per heavy atom. The molecule has 1 aromatic carbocycles. The smallest absolute Gasteiger partial charge is 0.163 e. The summed E-state index contributed by atoms with van der Waals surface area (Å²) in [6, 6.07) is 9.71. The average molecular weight is 234 g/mol. The lowest BCUT2D eigenvalue weighted by Crippen LogP contribution is -1.91. The van der Waals surface area contributed by atoms with Gasteiger partial charge in [-0.05, 0) is 23.6 Å². The average Bonchev–Trinajstić information content (AvgIpc) is 2.80. The van der Waals surface area contributed by atoms with E-state index >= 15 is 0 Å². The van der Waals surface area contributed by atoms with Crippen molar-refractivity contribution in [1.29, 1.82) is 5.26 Å². The van der Waals surface area contributed by atoms with Gasteiger partial charge in [0.25, 0.3) is 0 Å². The summed E-state index contributed by atoms with van der Waals surface area (Å²) in [5.74, 6) is 0.223. The van der Waals surface area contributed by atoms with Crippen molar-refractivity contribution in [1.82, 2.24) is 4.98 Å². The first kappa shape index (κ1) is 10.7. The second-order valence-electron chi connectivity index (χ2n) is 4.37. The maximum absolute atomic E-state index is 11.6. The Morgan fingerprint density at radius 3 is 2.83 bits per heavy atom. The Morgan fingerprint density at radius 1 is 1.11 bits per heavy atom. The number of pyridine rings is 1. The highest BCUT2D eigenvalue weighted by atomic mass is 16.1. The number of fused-ring (bicyclic) bond motifs is 1. The quantitative estimate of drug-likeness (QED) is 0.762. The number of benzene rings is 1. The van der Waals surface area contributed by atoms with Crippen LogP contribution in [0.5, 0.6) is 0 Å².